The highest BCUT2D eigenvalue weighted by molar-refractivity contribution is 6.00. The smallest absolute Gasteiger partial charge is 0.269 e. The predicted molar refractivity (Wildman–Crippen MR) is 108 cm³/mol. The molecule has 2 aliphatic rings. The number of fused-ring (bicyclic) bond motifs is 1. The van der Waals surface area contributed by atoms with Crippen LogP contribution >= 0.6 is 0 Å². The zero-order chi connectivity index (χ0) is 21.3. The molecule has 0 atom stereocenters. The zero-order valence-corrected chi connectivity index (χ0v) is 16.6. The Morgan fingerprint density at radius 3 is 2.57 bits per heavy atom. The third-order valence-electron chi connectivity index (χ3n) is 5.68. The third-order valence-corrected chi connectivity index (χ3v) is 5.68. The first-order valence-corrected chi connectivity index (χ1v) is 9.83. The second-order valence-electron chi connectivity index (χ2n) is 7.81. The van der Waals surface area contributed by atoms with Crippen LogP contribution in [0.2, 0.25) is 0 Å². The highest BCUT2D eigenvalue weighted by Crippen LogP contribution is 2.39. The van der Waals surface area contributed by atoms with Crippen molar-refractivity contribution >= 4 is 17.4 Å². The van der Waals surface area contributed by atoms with Gasteiger partial charge in [-0.3, -0.25) is 19.7 Å². The van der Waals surface area contributed by atoms with Gasteiger partial charge in [-0.1, -0.05) is 11.6 Å². The molecule has 0 saturated carbocycles. The van der Waals surface area contributed by atoms with Crippen molar-refractivity contribution in [2.45, 2.75) is 31.8 Å². The van der Waals surface area contributed by atoms with Crippen LogP contribution in [0, 0.1) is 17.0 Å². The molecule has 2 aromatic carbocycles. The van der Waals surface area contributed by atoms with E-state index in [4.69, 9.17) is 9.47 Å². The minimum absolute atomic E-state index is 0.0335. The fourth-order valence-corrected chi connectivity index (χ4v) is 3.95. The fourth-order valence-electron chi connectivity index (χ4n) is 3.95. The minimum Gasteiger partial charge on any atom is -0.486 e. The highest BCUT2D eigenvalue weighted by atomic mass is 16.6. The summed E-state index contributed by atoms with van der Waals surface area (Å²) in [6, 6.07) is 11.2. The van der Waals surface area contributed by atoms with Gasteiger partial charge in [-0.15, -0.1) is 0 Å². The molecule has 0 bridgehead atoms. The number of hydrogen-bond donors (Lipinski definition) is 0. The molecule has 156 valence electrons. The number of rotatable bonds is 4. The summed E-state index contributed by atoms with van der Waals surface area (Å²) in [4.78, 5) is 37.0. The number of amides is 1. The zero-order valence-electron chi connectivity index (χ0n) is 16.6. The molecular formula is C22H22N2O6. The molecule has 2 aromatic rings. The number of carbonyl (C=O) groups is 2. The van der Waals surface area contributed by atoms with Crippen molar-refractivity contribution in [2.75, 3.05) is 19.7 Å². The van der Waals surface area contributed by atoms with E-state index >= 15 is 0 Å². The Kier molecular flexibility index (Phi) is 5.15. The molecule has 1 saturated heterocycles. The van der Waals surface area contributed by atoms with Crippen molar-refractivity contribution in [1.82, 2.24) is 4.90 Å². The van der Waals surface area contributed by atoms with Gasteiger partial charge in [0.15, 0.2) is 12.4 Å². The van der Waals surface area contributed by atoms with Gasteiger partial charge in [-0.25, -0.2) is 0 Å². The van der Waals surface area contributed by atoms with Crippen molar-refractivity contribution in [1.29, 1.82) is 0 Å². The van der Waals surface area contributed by atoms with E-state index in [-0.39, 0.29) is 24.0 Å². The minimum atomic E-state index is -0.560. The summed E-state index contributed by atoms with van der Waals surface area (Å²) >= 11 is 0. The number of hydrogen-bond acceptors (Lipinski definition) is 6. The number of benzene rings is 2. The molecule has 0 unspecified atom stereocenters. The Balaban J connectivity index is 1.33. The largest absolute Gasteiger partial charge is 0.486 e. The van der Waals surface area contributed by atoms with E-state index in [1.54, 1.807) is 4.90 Å². The summed E-state index contributed by atoms with van der Waals surface area (Å²) in [5.74, 6) is 0.941. The lowest BCUT2D eigenvalue weighted by atomic mass is 9.82. The summed E-state index contributed by atoms with van der Waals surface area (Å²) < 4.78 is 11.7. The first-order chi connectivity index (χ1) is 14.3. The second-order valence-corrected chi connectivity index (χ2v) is 7.81. The van der Waals surface area contributed by atoms with Crippen LogP contribution in [0.25, 0.3) is 0 Å². The van der Waals surface area contributed by atoms with Crippen LogP contribution in [-0.4, -0.2) is 46.8 Å². The van der Waals surface area contributed by atoms with Crippen molar-refractivity contribution < 1.29 is 24.0 Å². The number of nitro groups is 1. The van der Waals surface area contributed by atoms with Gasteiger partial charge in [0.05, 0.1) is 16.9 Å². The lowest BCUT2D eigenvalue weighted by molar-refractivity contribution is -0.384. The normalized spacial score (nSPS) is 17.2. The Labute approximate surface area is 173 Å². The average molecular weight is 410 g/mol. The molecule has 2 aliphatic heterocycles. The van der Waals surface area contributed by atoms with Crippen molar-refractivity contribution in [2.24, 2.45) is 0 Å². The number of nitro benzene ring substituents is 1. The number of aryl methyl sites for hydroxylation is 1. The van der Waals surface area contributed by atoms with E-state index in [2.05, 4.69) is 0 Å². The van der Waals surface area contributed by atoms with E-state index in [1.807, 2.05) is 25.1 Å². The molecule has 1 fully saturated rings. The molecule has 30 heavy (non-hydrogen) atoms. The van der Waals surface area contributed by atoms with E-state index in [9.17, 15) is 19.7 Å². The lowest BCUT2D eigenvalue weighted by Gasteiger charge is -2.44. The molecule has 0 N–H and O–H groups in total. The van der Waals surface area contributed by atoms with Crippen LogP contribution in [0.15, 0.2) is 42.5 Å². The maximum Gasteiger partial charge on any atom is 0.269 e. The average Bonchev–Trinajstić information content (AvgIpc) is 2.73. The molecule has 0 aliphatic carbocycles. The summed E-state index contributed by atoms with van der Waals surface area (Å²) in [7, 11) is 0. The van der Waals surface area contributed by atoms with Gasteiger partial charge in [0, 0.05) is 38.1 Å². The second kappa shape index (κ2) is 7.78. The summed E-state index contributed by atoms with van der Waals surface area (Å²) in [6.07, 6.45) is 1.48. The lowest BCUT2D eigenvalue weighted by Crippen LogP contribution is -2.53. The summed E-state index contributed by atoms with van der Waals surface area (Å²) in [5.41, 5.74) is 1.06. The summed E-state index contributed by atoms with van der Waals surface area (Å²) in [5, 5.41) is 10.7. The van der Waals surface area contributed by atoms with Crippen LogP contribution in [0.3, 0.4) is 0 Å². The highest BCUT2D eigenvalue weighted by Gasteiger charge is 2.43. The molecular weight excluding hydrogens is 388 g/mol. The van der Waals surface area contributed by atoms with E-state index in [0.717, 1.165) is 5.56 Å². The molecule has 1 amide bonds. The van der Waals surface area contributed by atoms with Gasteiger partial charge >= 0.3 is 0 Å². The van der Waals surface area contributed by atoms with Gasteiger partial charge in [0.2, 0.25) is 0 Å². The monoisotopic (exact) mass is 410 g/mol. The number of piperidine rings is 1. The fraction of sp³-hybridized carbons (Fsp3) is 0.364. The van der Waals surface area contributed by atoms with Crippen LogP contribution in [0.1, 0.15) is 35.2 Å². The maximum absolute atomic E-state index is 12.6. The number of nitrogens with zero attached hydrogens (tertiary/aromatic N) is 2. The third kappa shape index (κ3) is 3.98. The molecule has 4 rings (SSSR count). The van der Waals surface area contributed by atoms with Crippen LogP contribution in [-0.2, 0) is 4.79 Å². The van der Waals surface area contributed by atoms with E-state index in [1.165, 1.54) is 24.3 Å². The first-order valence-electron chi connectivity index (χ1n) is 9.83. The van der Waals surface area contributed by atoms with Crippen molar-refractivity contribution in [3.05, 3.63) is 63.7 Å². The van der Waals surface area contributed by atoms with Gasteiger partial charge in [0.1, 0.15) is 17.1 Å². The molecule has 0 aromatic heterocycles. The predicted octanol–water partition coefficient (Wildman–Crippen LogP) is 3.31. The van der Waals surface area contributed by atoms with Crippen molar-refractivity contribution in [3.8, 4) is 11.5 Å². The van der Waals surface area contributed by atoms with Gasteiger partial charge in [-0.05, 0) is 31.2 Å². The Bertz CT molecular complexity index is 993. The number of carbonyl (C=O) groups excluding carboxylic acids is 2. The number of likely N-dealkylation sites (tertiary alicyclic amines) is 1. The number of Topliss-reactive ketones (excluding diaryl/α,β-unsaturated/α-hetero) is 1. The Hall–Kier alpha value is -3.42. The molecule has 0 radical (unpaired) electrons. The van der Waals surface area contributed by atoms with Gasteiger partial charge in [-0.2, -0.15) is 0 Å². The van der Waals surface area contributed by atoms with Crippen LogP contribution in [0.4, 0.5) is 5.69 Å². The molecule has 8 heteroatoms. The standard InChI is InChI=1S/C22H22N2O6/c1-15-2-7-20-18(12-15)19(25)13-22(30-20)8-10-23(11-9-22)21(26)14-29-17-5-3-16(4-6-17)24(27)28/h2-7,12H,8-11,13-14H2,1H3. The first kappa shape index (κ1) is 19.9. The quantitative estimate of drug-likeness (QED) is 0.566. The topological polar surface area (TPSA) is 99.0 Å². The number of ketones is 1. The van der Waals surface area contributed by atoms with Crippen molar-refractivity contribution in [3.63, 3.8) is 0 Å². The van der Waals surface area contributed by atoms with Crippen LogP contribution < -0.4 is 9.47 Å². The molecule has 8 nitrogen and oxygen atoms in total. The molecule has 2 heterocycles. The SMILES string of the molecule is Cc1ccc2c(c1)C(=O)CC1(CCN(C(=O)COc3ccc([N+](=O)[O-])cc3)CC1)O2. The Morgan fingerprint density at radius 1 is 1.20 bits per heavy atom. The maximum atomic E-state index is 12.6. The van der Waals surface area contributed by atoms with Gasteiger partial charge < -0.3 is 14.4 Å². The van der Waals surface area contributed by atoms with Gasteiger partial charge in [0.25, 0.3) is 11.6 Å². The van der Waals surface area contributed by atoms with E-state index < -0.39 is 10.5 Å². The molecule has 1 spiro atoms. The summed E-state index contributed by atoms with van der Waals surface area (Å²) in [6.45, 7) is 2.77. The van der Waals surface area contributed by atoms with E-state index in [0.29, 0.717) is 49.4 Å². The Morgan fingerprint density at radius 2 is 1.90 bits per heavy atom. The number of non-ortho nitro benzene ring substituents is 1. The number of ether oxygens (including phenoxy) is 2. The van der Waals surface area contributed by atoms with Crippen LogP contribution in [0.5, 0.6) is 11.5 Å².